The molecular formula is C21H25BFN6P. The van der Waals surface area contributed by atoms with Gasteiger partial charge in [-0.1, -0.05) is 38.4 Å². The van der Waals surface area contributed by atoms with Crippen LogP contribution in [0.5, 0.6) is 0 Å². The van der Waals surface area contributed by atoms with Gasteiger partial charge in [0.1, 0.15) is 11.3 Å². The second kappa shape index (κ2) is 9.44. The molecule has 154 valence electrons. The molecule has 0 saturated carbocycles. The van der Waals surface area contributed by atoms with Crippen molar-refractivity contribution in [3.8, 4) is 12.3 Å². The number of hydrogen-bond acceptors (Lipinski definition) is 5. The summed E-state index contributed by atoms with van der Waals surface area (Å²) in [5, 5.41) is 7.00. The van der Waals surface area contributed by atoms with Crippen molar-refractivity contribution in [2.75, 3.05) is 10.6 Å². The lowest BCUT2D eigenvalue weighted by atomic mass is 9.77. The summed E-state index contributed by atoms with van der Waals surface area (Å²) in [7, 11) is 10.5. The minimum absolute atomic E-state index is 0.0162. The predicted molar refractivity (Wildman–Crippen MR) is 125 cm³/mol. The monoisotopic (exact) mass is 422 g/mol. The molecule has 0 saturated heterocycles. The average molecular weight is 422 g/mol. The van der Waals surface area contributed by atoms with Crippen molar-refractivity contribution in [1.82, 2.24) is 19.5 Å². The van der Waals surface area contributed by atoms with E-state index in [0.29, 0.717) is 39.6 Å². The van der Waals surface area contributed by atoms with Crippen LogP contribution in [0.15, 0.2) is 18.3 Å². The zero-order valence-electron chi connectivity index (χ0n) is 17.4. The van der Waals surface area contributed by atoms with E-state index in [2.05, 4.69) is 54.6 Å². The third kappa shape index (κ3) is 4.57. The van der Waals surface area contributed by atoms with Crippen LogP contribution in [0, 0.1) is 18.2 Å². The van der Waals surface area contributed by atoms with E-state index in [1.165, 1.54) is 6.07 Å². The number of hydrogen-bond donors (Lipinski definition) is 2. The largest absolute Gasteiger partial charge is 0.352 e. The summed E-state index contributed by atoms with van der Waals surface area (Å²) in [6.07, 6.45) is 9.82. The van der Waals surface area contributed by atoms with Gasteiger partial charge in [0.15, 0.2) is 5.65 Å². The zero-order valence-corrected chi connectivity index (χ0v) is 18.6. The first kappa shape index (κ1) is 22.0. The summed E-state index contributed by atoms with van der Waals surface area (Å²) in [4.78, 5) is 13.5. The molecule has 6 nitrogen and oxygen atoms in total. The summed E-state index contributed by atoms with van der Waals surface area (Å²) >= 11 is 0. The van der Waals surface area contributed by atoms with Gasteiger partial charge in [0, 0.05) is 18.7 Å². The molecule has 0 fully saturated rings. The molecule has 30 heavy (non-hydrogen) atoms. The van der Waals surface area contributed by atoms with E-state index in [4.69, 9.17) is 14.3 Å². The van der Waals surface area contributed by atoms with Crippen molar-refractivity contribution in [3.05, 3.63) is 29.7 Å². The number of nitrogens with zero attached hydrogens (tertiary/aromatic N) is 4. The van der Waals surface area contributed by atoms with Gasteiger partial charge in [0.2, 0.25) is 11.9 Å². The Hall–Kier alpha value is -2.65. The number of rotatable bonds is 8. The van der Waals surface area contributed by atoms with E-state index in [1.807, 2.05) is 7.05 Å². The first-order valence-corrected chi connectivity index (χ1v) is 10.5. The second-order valence-electron chi connectivity index (χ2n) is 7.20. The Balaban J connectivity index is 1.91. The molecule has 2 radical (unpaired) electrons. The van der Waals surface area contributed by atoms with Gasteiger partial charge < -0.3 is 10.6 Å². The molecular weight excluding hydrogens is 397 g/mol. The van der Waals surface area contributed by atoms with E-state index in [-0.39, 0.29) is 11.9 Å². The number of aryl methyl sites for hydroxylation is 1. The lowest BCUT2D eigenvalue weighted by molar-refractivity contribution is 0.582. The first-order chi connectivity index (χ1) is 14.4. The maximum absolute atomic E-state index is 14.5. The Bertz CT molecular complexity index is 1070. The van der Waals surface area contributed by atoms with Gasteiger partial charge in [-0.15, -0.1) is 15.7 Å². The zero-order chi connectivity index (χ0) is 21.8. The van der Waals surface area contributed by atoms with Crippen LogP contribution in [0.3, 0.4) is 0 Å². The summed E-state index contributed by atoms with van der Waals surface area (Å²) < 4.78 is 16.3. The third-order valence-corrected chi connectivity index (χ3v) is 5.49. The lowest BCUT2D eigenvalue weighted by Gasteiger charge is -2.24. The average Bonchev–Trinajstić information content (AvgIpc) is 3.04. The quantitative estimate of drug-likeness (QED) is 0.330. The third-order valence-electron chi connectivity index (χ3n) is 5.04. The Morgan fingerprint density at radius 1 is 1.33 bits per heavy atom. The van der Waals surface area contributed by atoms with Crippen molar-refractivity contribution in [2.45, 2.75) is 45.0 Å². The van der Waals surface area contributed by atoms with Crippen molar-refractivity contribution < 1.29 is 4.39 Å². The van der Waals surface area contributed by atoms with Gasteiger partial charge in [-0.2, -0.15) is 4.98 Å². The molecule has 3 atom stereocenters. The van der Waals surface area contributed by atoms with Crippen LogP contribution < -0.4 is 15.9 Å². The molecule has 3 aromatic rings. The molecule has 0 spiro atoms. The Morgan fingerprint density at radius 3 is 2.73 bits per heavy atom. The maximum atomic E-state index is 14.5. The molecule has 2 aromatic heterocycles. The number of halogens is 1. The summed E-state index contributed by atoms with van der Waals surface area (Å²) in [5.41, 5.74) is 1.99. The van der Waals surface area contributed by atoms with E-state index in [9.17, 15) is 4.39 Å². The number of fused-ring (bicyclic) bond motifs is 1. The van der Waals surface area contributed by atoms with Crippen LogP contribution in [0.1, 0.15) is 38.7 Å². The number of aromatic nitrogens is 4. The van der Waals surface area contributed by atoms with Crippen LogP contribution in [0.25, 0.3) is 11.2 Å². The number of terminal acetylenes is 1. The predicted octanol–water partition coefficient (Wildman–Crippen LogP) is 3.68. The Kier molecular flexibility index (Phi) is 6.94. The van der Waals surface area contributed by atoms with Gasteiger partial charge in [0.05, 0.1) is 19.7 Å². The second-order valence-corrected chi connectivity index (χ2v) is 7.82. The van der Waals surface area contributed by atoms with Gasteiger partial charge in [-0.05, 0) is 23.9 Å². The normalized spacial score (nSPS) is 13.1. The van der Waals surface area contributed by atoms with Crippen LogP contribution >= 0.6 is 9.24 Å². The maximum Gasteiger partial charge on any atom is 0.224 e. The van der Waals surface area contributed by atoms with E-state index >= 15 is 0 Å². The number of imidazole rings is 1. The molecule has 2 unspecified atom stereocenters. The summed E-state index contributed by atoms with van der Waals surface area (Å²) in [5.74, 6) is 2.95. The van der Waals surface area contributed by atoms with Crippen LogP contribution in [-0.4, -0.2) is 33.4 Å². The minimum atomic E-state index is -0.452. The number of anilines is 3. The molecule has 3 rings (SSSR count). The minimum Gasteiger partial charge on any atom is -0.352 e. The van der Waals surface area contributed by atoms with Gasteiger partial charge >= 0.3 is 0 Å². The highest BCUT2D eigenvalue weighted by atomic mass is 31.0. The molecule has 1 aromatic carbocycles. The first-order valence-electron chi connectivity index (χ1n) is 9.92. The molecule has 0 bridgehead atoms. The smallest absolute Gasteiger partial charge is 0.224 e. The van der Waals surface area contributed by atoms with Gasteiger partial charge in [-0.25, -0.2) is 14.4 Å². The highest BCUT2D eigenvalue weighted by molar-refractivity contribution is 7.28. The number of benzene rings is 1. The van der Waals surface area contributed by atoms with E-state index in [1.54, 1.807) is 16.8 Å². The molecule has 0 aliphatic heterocycles. The summed E-state index contributed by atoms with van der Waals surface area (Å²) in [6, 6.07) is 3.11. The molecule has 0 aliphatic carbocycles. The van der Waals surface area contributed by atoms with Crippen LogP contribution in [0.4, 0.5) is 22.0 Å². The van der Waals surface area contributed by atoms with Crippen molar-refractivity contribution in [2.24, 2.45) is 7.05 Å². The van der Waals surface area contributed by atoms with E-state index < -0.39 is 5.82 Å². The van der Waals surface area contributed by atoms with Crippen molar-refractivity contribution >= 4 is 51.1 Å². The lowest BCUT2D eigenvalue weighted by Crippen LogP contribution is -2.26. The fraction of sp³-hybridized carbons (Fsp3) is 0.381. The molecule has 2 heterocycles. The highest BCUT2D eigenvalue weighted by Gasteiger charge is 2.18. The summed E-state index contributed by atoms with van der Waals surface area (Å²) in [6.45, 7) is 4.18. The van der Waals surface area contributed by atoms with Crippen molar-refractivity contribution in [3.63, 3.8) is 0 Å². The van der Waals surface area contributed by atoms with Gasteiger partial charge in [0.25, 0.3) is 0 Å². The van der Waals surface area contributed by atoms with E-state index in [0.717, 1.165) is 19.3 Å². The molecule has 0 amide bonds. The Labute approximate surface area is 180 Å². The fourth-order valence-electron chi connectivity index (χ4n) is 3.27. The molecule has 2 N–H and O–H groups in total. The fourth-order valence-corrected chi connectivity index (χ4v) is 3.66. The highest BCUT2D eigenvalue weighted by Crippen LogP contribution is 2.25. The number of nitrogens with one attached hydrogen (secondary N) is 2. The van der Waals surface area contributed by atoms with Gasteiger partial charge in [-0.3, -0.25) is 4.57 Å². The van der Waals surface area contributed by atoms with Crippen LogP contribution in [0.2, 0.25) is 5.82 Å². The molecule has 0 aliphatic rings. The topological polar surface area (TPSA) is 67.7 Å². The van der Waals surface area contributed by atoms with Crippen LogP contribution in [-0.2, 0) is 7.05 Å². The Morgan fingerprint density at radius 2 is 2.10 bits per heavy atom. The molecule has 9 heteroatoms. The SMILES string of the molecule is [B][C@H](CC)C(CCC)Nc1ncc2nc(Nc3c(F)cc(C#C)cc3P)n(C)c2n1. The van der Waals surface area contributed by atoms with Crippen molar-refractivity contribution in [1.29, 1.82) is 0 Å². The standard InChI is InChI=1S/C21H25BFN6P/c1-5-8-15(13(22)7-3)25-20-24-11-16-19(28-20)29(4)21(26-16)27-18-14(23)9-12(6-2)10-17(18)30/h2,9-11,13,15H,5,7-8,30H2,1,3-4H3,(H,26,27)(H,24,25,28)/t13-,15?/m1/s1.